The van der Waals surface area contributed by atoms with Crippen LogP contribution in [0.25, 0.3) is 27.6 Å². The molecule has 54 heavy (non-hydrogen) atoms. The Balaban J connectivity index is 0.00000384. The van der Waals surface area contributed by atoms with Crippen LogP contribution in [0.4, 0.5) is 17.1 Å². The Labute approximate surface area is 331 Å². The van der Waals surface area contributed by atoms with E-state index in [2.05, 4.69) is 170 Å². The number of ether oxygens (including phenoxy) is 1. The molecule has 0 amide bonds. The molecule has 0 atom stereocenters. The van der Waals surface area contributed by atoms with E-state index in [0.29, 0.717) is 0 Å². The molecule has 0 fully saturated rings. The molecule has 2 aliphatic heterocycles. The first kappa shape index (κ1) is 34.3. The number of fused-ring (bicyclic) bond motifs is 6. The van der Waals surface area contributed by atoms with Gasteiger partial charge in [0.25, 0.3) is 0 Å². The molecule has 0 bridgehead atoms. The fourth-order valence-corrected chi connectivity index (χ4v) is 12.7. The molecular weight excluding hydrogens is 862 g/mol. The van der Waals surface area contributed by atoms with Gasteiger partial charge in [0.15, 0.2) is 8.07 Å². The van der Waals surface area contributed by atoms with Gasteiger partial charge in [-0.25, -0.2) is 11.1 Å². The number of pyridine rings is 2. The number of benzene rings is 5. The minimum absolute atomic E-state index is 0. The quantitative estimate of drug-likeness (QED) is 0.134. The minimum Gasteiger partial charge on any atom is -0.504 e. The topological polar surface area (TPSA) is 46.4 Å². The molecule has 6 nitrogen and oxygen atoms in total. The first-order chi connectivity index (χ1) is 25.8. The van der Waals surface area contributed by atoms with Gasteiger partial charge in [0.2, 0.25) is 0 Å². The molecule has 268 valence electrons. The van der Waals surface area contributed by atoms with Gasteiger partial charge in [0.1, 0.15) is 17.3 Å². The predicted octanol–water partition coefficient (Wildman–Crippen LogP) is 7.66. The van der Waals surface area contributed by atoms with E-state index in [-0.39, 0.29) is 26.5 Å². The van der Waals surface area contributed by atoms with Crippen molar-refractivity contribution in [3.8, 4) is 17.3 Å². The van der Waals surface area contributed by atoms with Crippen LogP contribution in [0.2, 0.25) is 0 Å². The van der Waals surface area contributed by atoms with Gasteiger partial charge >= 0.3 is 0 Å². The van der Waals surface area contributed by atoms with Gasteiger partial charge in [-0.15, -0.1) is 5.39 Å². The van der Waals surface area contributed by atoms with E-state index in [4.69, 9.17) is 14.7 Å². The van der Waals surface area contributed by atoms with E-state index >= 15 is 0 Å². The van der Waals surface area contributed by atoms with Crippen molar-refractivity contribution in [3.05, 3.63) is 164 Å². The van der Waals surface area contributed by atoms with E-state index in [9.17, 15) is 0 Å². The molecule has 0 N–H and O–H groups in total. The average molecular weight is 898 g/mol. The number of nitrogens with zero attached hydrogens (tertiary/aromatic N) is 5. The molecule has 2 aliphatic rings. The SMILES string of the molecule is CN1[CH-]N(c2[c-]c([Si]3(c4[c-]c5c(cc4)c4ccccc4n5-c4cc(C(C)(C)C)ccn4)c4ccccc4Oc4ccccc43)ncc2)c2ccccc21.[Pt]. The van der Waals surface area contributed by atoms with Crippen LogP contribution in [0, 0.1) is 18.8 Å². The maximum atomic E-state index is 6.68. The molecular formula is C46H36N5OPtSi-3. The second-order valence-electron chi connectivity index (χ2n) is 14.9. The summed E-state index contributed by atoms with van der Waals surface area (Å²) in [7, 11) is -1.15. The Bertz CT molecular complexity index is 2690. The molecule has 0 saturated heterocycles. The summed E-state index contributed by atoms with van der Waals surface area (Å²) in [5.74, 6) is 2.55. The summed E-state index contributed by atoms with van der Waals surface area (Å²) in [6.45, 7) is 8.85. The zero-order chi connectivity index (χ0) is 35.9. The summed E-state index contributed by atoms with van der Waals surface area (Å²) >= 11 is 0. The Morgan fingerprint density at radius 2 is 1.35 bits per heavy atom. The van der Waals surface area contributed by atoms with Crippen LogP contribution < -0.4 is 35.4 Å². The monoisotopic (exact) mass is 897 g/mol. The fraction of sp³-hybridized carbons (Fsp3) is 0.109. The number of anilines is 3. The first-order valence-electron chi connectivity index (χ1n) is 18.0. The summed E-state index contributed by atoms with van der Waals surface area (Å²) in [4.78, 5) is 14.6. The Hall–Kier alpha value is -5.49. The van der Waals surface area contributed by atoms with E-state index in [1.54, 1.807) is 0 Å². The third kappa shape index (κ3) is 5.09. The van der Waals surface area contributed by atoms with Gasteiger partial charge < -0.3 is 24.1 Å². The second-order valence-corrected chi connectivity index (χ2v) is 18.5. The van der Waals surface area contributed by atoms with Gasteiger partial charge in [-0.05, 0) is 81.6 Å². The van der Waals surface area contributed by atoms with Crippen molar-refractivity contribution in [1.82, 2.24) is 14.5 Å². The van der Waals surface area contributed by atoms with Gasteiger partial charge in [-0.3, -0.25) is 0 Å². The Kier molecular flexibility index (Phi) is 8.14. The van der Waals surface area contributed by atoms with Gasteiger partial charge in [0, 0.05) is 44.2 Å². The van der Waals surface area contributed by atoms with Crippen LogP contribution in [-0.4, -0.2) is 29.7 Å². The molecule has 5 aromatic carbocycles. The van der Waals surface area contributed by atoms with E-state index in [1.165, 1.54) is 5.56 Å². The largest absolute Gasteiger partial charge is 0.504 e. The van der Waals surface area contributed by atoms with Gasteiger partial charge in [-0.1, -0.05) is 99.2 Å². The van der Waals surface area contributed by atoms with E-state index < -0.39 is 8.07 Å². The molecule has 5 heterocycles. The Morgan fingerprint density at radius 1 is 0.685 bits per heavy atom. The summed E-state index contributed by atoms with van der Waals surface area (Å²) in [6, 6.07) is 52.9. The fourth-order valence-electron chi connectivity index (χ4n) is 8.19. The molecule has 0 radical (unpaired) electrons. The van der Waals surface area contributed by atoms with Crippen molar-refractivity contribution in [3.63, 3.8) is 0 Å². The van der Waals surface area contributed by atoms with Crippen molar-refractivity contribution >= 4 is 67.8 Å². The van der Waals surface area contributed by atoms with Crippen LogP contribution in [-0.2, 0) is 26.5 Å². The number of hydrogen-bond donors (Lipinski definition) is 0. The van der Waals surface area contributed by atoms with Crippen LogP contribution in [0.5, 0.6) is 11.5 Å². The zero-order valence-corrected chi connectivity index (χ0v) is 33.6. The molecule has 10 rings (SSSR count). The molecule has 0 saturated carbocycles. The third-order valence-electron chi connectivity index (χ3n) is 10.7. The average Bonchev–Trinajstić information content (AvgIpc) is 3.71. The van der Waals surface area contributed by atoms with Crippen molar-refractivity contribution in [2.24, 2.45) is 0 Å². The van der Waals surface area contributed by atoms with E-state index in [0.717, 1.165) is 77.1 Å². The standard InChI is InChI=1S/C46H36N5OSi.Pt/c1-46(2,3)31-23-25-47-44(27-31)51-36-14-6-5-13-34(36)35-22-21-33(29-39(35)51)53(42-19-11-9-17-40(42)52-41-18-10-12-20-43(41)53)45-28-32(24-26-48-45)50-30-49(4)37-15-7-8-16-38(37)50;/h5-27,30H,1-4H3;/q-3;. The summed E-state index contributed by atoms with van der Waals surface area (Å²) in [5.41, 5.74) is 6.44. The van der Waals surface area contributed by atoms with Crippen molar-refractivity contribution in [2.75, 3.05) is 16.8 Å². The Morgan fingerprint density at radius 3 is 2.11 bits per heavy atom. The maximum Gasteiger partial charge on any atom is 0.164 e. The predicted molar refractivity (Wildman–Crippen MR) is 218 cm³/mol. The first-order valence-corrected chi connectivity index (χ1v) is 20.0. The van der Waals surface area contributed by atoms with Gasteiger partial charge in [-0.2, -0.15) is 41.8 Å². The molecule has 3 aromatic heterocycles. The normalized spacial score (nSPS) is 14.3. The smallest absolute Gasteiger partial charge is 0.164 e. The summed E-state index contributed by atoms with van der Waals surface area (Å²) in [6.07, 6.45) is 3.86. The molecule has 8 heteroatoms. The molecule has 0 spiro atoms. The second kappa shape index (κ2) is 12.8. The number of para-hydroxylation sites is 5. The van der Waals surface area contributed by atoms with Crippen molar-refractivity contribution < 1.29 is 25.8 Å². The van der Waals surface area contributed by atoms with Crippen LogP contribution in [0.15, 0.2) is 140 Å². The van der Waals surface area contributed by atoms with E-state index in [1.807, 2.05) is 30.6 Å². The molecule has 0 aliphatic carbocycles. The third-order valence-corrected chi connectivity index (χ3v) is 15.2. The number of rotatable bonds is 4. The molecule has 0 unspecified atom stereocenters. The maximum absolute atomic E-state index is 6.68. The zero-order valence-electron chi connectivity index (χ0n) is 30.3. The number of hydrogen-bond acceptors (Lipinski definition) is 5. The van der Waals surface area contributed by atoms with Crippen molar-refractivity contribution in [2.45, 2.75) is 26.2 Å². The van der Waals surface area contributed by atoms with Crippen molar-refractivity contribution in [1.29, 1.82) is 0 Å². The summed E-state index contributed by atoms with van der Waals surface area (Å²) < 4.78 is 8.96. The van der Waals surface area contributed by atoms with Crippen LogP contribution in [0.1, 0.15) is 26.3 Å². The van der Waals surface area contributed by atoms with Gasteiger partial charge in [0.05, 0.1) is 0 Å². The minimum atomic E-state index is -3.23. The molecule has 8 aromatic rings. The summed E-state index contributed by atoms with van der Waals surface area (Å²) in [5, 5.41) is 6.50. The van der Waals surface area contributed by atoms with Crippen LogP contribution >= 0.6 is 0 Å². The number of aromatic nitrogens is 3. The van der Waals surface area contributed by atoms with Crippen LogP contribution in [0.3, 0.4) is 0 Å².